The van der Waals surface area contributed by atoms with E-state index < -0.39 is 0 Å². The van der Waals surface area contributed by atoms with Crippen LogP contribution in [-0.2, 0) is 0 Å². The molecule has 0 fully saturated rings. The summed E-state index contributed by atoms with van der Waals surface area (Å²) in [6.45, 7) is 7.28. The van der Waals surface area contributed by atoms with Crippen molar-refractivity contribution in [1.29, 1.82) is 0 Å². The molecule has 0 amide bonds. The van der Waals surface area contributed by atoms with Gasteiger partial charge in [0.25, 0.3) is 0 Å². The molecule has 0 saturated carbocycles. The van der Waals surface area contributed by atoms with Crippen LogP contribution in [0.15, 0.2) is 21.7 Å². The maximum Gasteiger partial charge on any atom is 0.250 e. The molecular weight excluding hydrogens is 270 g/mol. The Kier molecular flexibility index (Phi) is 5.08. The van der Waals surface area contributed by atoms with Crippen LogP contribution < -0.4 is 16.1 Å². The van der Waals surface area contributed by atoms with E-state index in [-0.39, 0.29) is 0 Å². The minimum absolute atomic E-state index is 0.358. The fourth-order valence-electron chi connectivity index (χ4n) is 1.58. The Hall–Kier alpha value is -2.64. The summed E-state index contributed by atoms with van der Waals surface area (Å²) in [6, 6.07) is 3.71. The third-order valence-corrected chi connectivity index (χ3v) is 2.42. The van der Waals surface area contributed by atoms with Gasteiger partial charge < -0.3 is 15.1 Å². The van der Waals surface area contributed by atoms with Crippen molar-refractivity contribution >= 4 is 24.1 Å². The van der Waals surface area contributed by atoms with Gasteiger partial charge in [-0.3, -0.25) is 0 Å². The first-order valence-corrected chi connectivity index (χ1v) is 6.80. The van der Waals surface area contributed by atoms with Crippen molar-refractivity contribution in [1.82, 2.24) is 15.0 Å². The molecule has 2 heterocycles. The maximum absolute atomic E-state index is 5.38. The summed E-state index contributed by atoms with van der Waals surface area (Å²) in [4.78, 5) is 12.7. The lowest BCUT2D eigenvalue weighted by Gasteiger charge is -2.07. The van der Waals surface area contributed by atoms with Crippen molar-refractivity contribution in [2.75, 3.05) is 29.1 Å². The molecule has 8 heteroatoms. The van der Waals surface area contributed by atoms with Crippen LogP contribution >= 0.6 is 0 Å². The van der Waals surface area contributed by atoms with Crippen molar-refractivity contribution in [2.45, 2.75) is 20.8 Å². The van der Waals surface area contributed by atoms with Gasteiger partial charge in [-0.15, -0.1) is 0 Å². The summed E-state index contributed by atoms with van der Waals surface area (Å²) in [7, 11) is 0. The van der Waals surface area contributed by atoms with Crippen molar-refractivity contribution in [2.24, 2.45) is 5.10 Å². The van der Waals surface area contributed by atoms with Crippen LogP contribution in [0.5, 0.6) is 0 Å². The van der Waals surface area contributed by atoms with Gasteiger partial charge >= 0.3 is 0 Å². The second kappa shape index (κ2) is 7.22. The van der Waals surface area contributed by atoms with Gasteiger partial charge in [-0.25, -0.2) is 5.43 Å². The number of aryl methyl sites for hydroxylation is 1. The van der Waals surface area contributed by atoms with Crippen LogP contribution in [0.1, 0.15) is 25.4 Å². The summed E-state index contributed by atoms with van der Waals surface area (Å²) in [6.07, 6.45) is 1.57. The van der Waals surface area contributed by atoms with Gasteiger partial charge in [0, 0.05) is 13.1 Å². The van der Waals surface area contributed by atoms with E-state index in [4.69, 9.17) is 4.42 Å². The van der Waals surface area contributed by atoms with Crippen LogP contribution in [0.25, 0.3) is 0 Å². The molecule has 3 N–H and O–H groups in total. The van der Waals surface area contributed by atoms with Gasteiger partial charge in [0.05, 0.1) is 6.21 Å². The molecule has 0 spiro atoms. The average molecular weight is 289 g/mol. The Morgan fingerprint density at radius 3 is 2.19 bits per heavy atom. The van der Waals surface area contributed by atoms with E-state index in [1.165, 1.54) is 0 Å². The van der Waals surface area contributed by atoms with E-state index in [2.05, 4.69) is 36.1 Å². The normalized spacial score (nSPS) is 10.8. The molecule has 0 aromatic carbocycles. The Labute approximate surface area is 123 Å². The molecule has 2 aromatic heterocycles. The number of nitrogens with one attached hydrogen (secondary N) is 3. The lowest BCUT2D eigenvalue weighted by Crippen LogP contribution is -2.10. The minimum atomic E-state index is 0.358. The highest BCUT2D eigenvalue weighted by Gasteiger charge is 2.04. The van der Waals surface area contributed by atoms with Gasteiger partial charge in [-0.1, -0.05) is 0 Å². The summed E-state index contributed by atoms with van der Waals surface area (Å²) in [5.74, 6) is 2.84. The summed E-state index contributed by atoms with van der Waals surface area (Å²) in [5.41, 5.74) is 2.77. The zero-order valence-electron chi connectivity index (χ0n) is 12.3. The van der Waals surface area contributed by atoms with E-state index in [9.17, 15) is 0 Å². The molecule has 0 unspecified atom stereocenters. The smallest absolute Gasteiger partial charge is 0.250 e. The molecule has 0 bridgehead atoms. The average Bonchev–Trinajstić information content (AvgIpc) is 2.85. The first kappa shape index (κ1) is 14.8. The monoisotopic (exact) mass is 289 g/mol. The van der Waals surface area contributed by atoms with Gasteiger partial charge in [-0.05, 0) is 32.9 Å². The Morgan fingerprint density at radius 1 is 1.05 bits per heavy atom. The zero-order valence-corrected chi connectivity index (χ0v) is 12.3. The highest BCUT2D eigenvalue weighted by atomic mass is 16.3. The van der Waals surface area contributed by atoms with E-state index in [1.807, 2.05) is 32.9 Å². The predicted molar refractivity (Wildman–Crippen MR) is 82.8 cm³/mol. The highest BCUT2D eigenvalue weighted by molar-refractivity contribution is 5.76. The van der Waals surface area contributed by atoms with E-state index in [0.29, 0.717) is 23.6 Å². The SMILES string of the molecule is CCNc1nc(NCC)nc(N/N=C/c2ccc(C)o2)n1. The summed E-state index contributed by atoms with van der Waals surface area (Å²) < 4.78 is 5.38. The number of aromatic nitrogens is 3. The third-order valence-electron chi connectivity index (χ3n) is 2.42. The molecule has 0 aliphatic carbocycles. The van der Waals surface area contributed by atoms with E-state index in [0.717, 1.165) is 18.8 Å². The first-order valence-electron chi connectivity index (χ1n) is 6.80. The number of nitrogens with zero attached hydrogens (tertiary/aromatic N) is 4. The van der Waals surface area contributed by atoms with E-state index >= 15 is 0 Å². The van der Waals surface area contributed by atoms with E-state index in [1.54, 1.807) is 6.21 Å². The van der Waals surface area contributed by atoms with Gasteiger partial charge in [0.15, 0.2) is 0 Å². The van der Waals surface area contributed by atoms with Gasteiger partial charge in [0.1, 0.15) is 11.5 Å². The first-order chi connectivity index (χ1) is 10.2. The van der Waals surface area contributed by atoms with Crippen LogP contribution in [0.2, 0.25) is 0 Å². The molecule has 21 heavy (non-hydrogen) atoms. The van der Waals surface area contributed by atoms with Crippen LogP contribution in [0, 0.1) is 6.92 Å². The Bertz CT molecular complexity index is 584. The second-order valence-corrected chi connectivity index (χ2v) is 4.19. The van der Waals surface area contributed by atoms with Crippen molar-refractivity contribution in [3.8, 4) is 0 Å². The zero-order chi connectivity index (χ0) is 15.1. The lowest BCUT2D eigenvalue weighted by atomic mass is 10.4. The number of rotatable bonds is 7. The molecule has 0 aliphatic rings. The van der Waals surface area contributed by atoms with Crippen molar-refractivity contribution in [3.63, 3.8) is 0 Å². The van der Waals surface area contributed by atoms with Gasteiger partial charge in [0.2, 0.25) is 17.8 Å². The van der Waals surface area contributed by atoms with Gasteiger partial charge in [-0.2, -0.15) is 20.1 Å². The lowest BCUT2D eigenvalue weighted by molar-refractivity contribution is 0.528. The standard InChI is InChI=1S/C13H19N7O/c1-4-14-11-17-12(15-5-2)19-13(18-11)20-16-8-10-7-6-9(3)21-10/h6-8H,4-5H2,1-3H3,(H3,14,15,17,18,19,20)/b16-8+. The molecule has 0 aliphatic heterocycles. The Balaban J connectivity index is 2.08. The summed E-state index contributed by atoms with van der Waals surface area (Å²) >= 11 is 0. The fraction of sp³-hybridized carbons (Fsp3) is 0.385. The number of hydrogen-bond acceptors (Lipinski definition) is 8. The fourth-order valence-corrected chi connectivity index (χ4v) is 1.58. The largest absolute Gasteiger partial charge is 0.460 e. The molecule has 0 saturated heterocycles. The topological polar surface area (TPSA) is 100 Å². The number of anilines is 3. The molecule has 0 radical (unpaired) electrons. The predicted octanol–water partition coefficient (Wildman–Crippen LogP) is 2.08. The maximum atomic E-state index is 5.38. The number of furan rings is 1. The van der Waals surface area contributed by atoms with Crippen LogP contribution in [0.3, 0.4) is 0 Å². The molecule has 2 rings (SSSR count). The van der Waals surface area contributed by atoms with Crippen molar-refractivity contribution in [3.05, 3.63) is 23.7 Å². The molecule has 112 valence electrons. The summed E-state index contributed by atoms with van der Waals surface area (Å²) in [5, 5.41) is 10.1. The quantitative estimate of drug-likeness (QED) is 0.530. The third kappa shape index (κ3) is 4.44. The number of hydrazone groups is 1. The molecule has 2 aromatic rings. The Morgan fingerprint density at radius 2 is 1.67 bits per heavy atom. The van der Waals surface area contributed by atoms with Crippen molar-refractivity contribution < 1.29 is 4.42 Å². The number of hydrogen-bond donors (Lipinski definition) is 3. The van der Waals surface area contributed by atoms with Crippen LogP contribution in [-0.4, -0.2) is 34.3 Å². The minimum Gasteiger partial charge on any atom is -0.460 e. The second-order valence-electron chi connectivity index (χ2n) is 4.19. The molecular formula is C13H19N7O. The molecule has 8 nitrogen and oxygen atoms in total. The van der Waals surface area contributed by atoms with Crippen LogP contribution in [0.4, 0.5) is 17.8 Å². The highest BCUT2D eigenvalue weighted by Crippen LogP contribution is 2.09. The molecule has 0 atom stereocenters.